The molecular formula is C20H20N4O5. The van der Waals surface area contributed by atoms with E-state index in [2.05, 4.69) is 0 Å². The minimum Gasteiger partial charge on any atom is -0.486 e. The molecule has 9 heteroatoms. The van der Waals surface area contributed by atoms with Crippen LogP contribution in [0.2, 0.25) is 0 Å². The molecule has 0 spiro atoms. The molecular weight excluding hydrogens is 376 g/mol. The maximum Gasteiger partial charge on any atom is 0.331 e. The molecule has 150 valence electrons. The molecule has 0 aliphatic carbocycles. The average Bonchev–Trinajstić information content (AvgIpc) is 3.21. The van der Waals surface area contributed by atoms with Crippen molar-refractivity contribution in [2.24, 2.45) is 0 Å². The van der Waals surface area contributed by atoms with Crippen molar-refractivity contribution in [1.82, 2.24) is 14.0 Å². The molecule has 0 fully saturated rings. The van der Waals surface area contributed by atoms with Crippen molar-refractivity contribution in [3.8, 4) is 17.6 Å². The Morgan fingerprint density at radius 2 is 2.00 bits per heavy atom. The maximum absolute atomic E-state index is 12.7. The first-order valence-electron chi connectivity index (χ1n) is 9.38. The number of ether oxygens (including phenoxy) is 2. The Balaban J connectivity index is 1.55. The molecule has 0 radical (unpaired) electrons. The first-order chi connectivity index (χ1) is 14.0. The number of benzene rings is 1. The van der Waals surface area contributed by atoms with Gasteiger partial charge in [0.1, 0.15) is 31.4 Å². The van der Waals surface area contributed by atoms with E-state index in [-0.39, 0.29) is 12.1 Å². The lowest BCUT2D eigenvalue weighted by atomic mass is 10.2. The lowest BCUT2D eigenvalue weighted by molar-refractivity contribution is -0.131. The van der Waals surface area contributed by atoms with Gasteiger partial charge >= 0.3 is 5.69 Å². The van der Waals surface area contributed by atoms with Gasteiger partial charge in [-0.25, -0.2) is 9.36 Å². The summed E-state index contributed by atoms with van der Waals surface area (Å²) in [6.07, 6.45) is 1.22. The van der Waals surface area contributed by atoms with Crippen molar-refractivity contribution >= 4 is 5.91 Å². The molecule has 0 saturated carbocycles. The quantitative estimate of drug-likeness (QED) is 0.734. The number of carbonyl (C=O) groups excluding carboxylic acids is 1. The van der Waals surface area contributed by atoms with Crippen LogP contribution in [0.3, 0.4) is 0 Å². The van der Waals surface area contributed by atoms with E-state index < -0.39 is 23.7 Å². The molecule has 3 heterocycles. The van der Waals surface area contributed by atoms with Gasteiger partial charge in [-0.1, -0.05) is 6.07 Å². The van der Waals surface area contributed by atoms with Gasteiger partial charge in [-0.05, 0) is 30.5 Å². The summed E-state index contributed by atoms with van der Waals surface area (Å²) in [5, 5.41) is 9.34. The largest absolute Gasteiger partial charge is 0.486 e. The van der Waals surface area contributed by atoms with Gasteiger partial charge in [-0.3, -0.25) is 14.2 Å². The fourth-order valence-corrected chi connectivity index (χ4v) is 3.69. The fourth-order valence-electron chi connectivity index (χ4n) is 3.69. The lowest BCUT2D eigenvalue weighted by Gasteiger charge is -2.21. The van der Waals surface area contributed by atoms with E-state index in [1.54, 1.807) is 13.1 Å². The standard InChI is InChI=1S/C20H20N4O5/c1-22(11-13-4-5-16-17(9-13)29-8-7-28-16)18(25)12-24-19(26)14(10-21)15-3-2-6-23(15)20(24)27/h4-5,9H,2-3,6-8,11-12H2,1H3. The SMILES string of the molecule is CN(Cc1ccc2c(c1)OCCO2)C(=O)Cn1c(=O)c(C#N)c2n(c1=O)CCC2. The van der Waals surface area contributed by atoms with Crippen LogP contribution in [-0.2, 0) is 30.8 Å². The third-order valence-corrected chi connectivity index (χ3v) is 5.19. The van der Waals surface area contributed by atoms with Crippen LogP contribution in [-0.4, -0.2) is 40.2 Å². The highest BCUT2D eigenvalue weighted by Crippen LogP contribution is 2.31. The Morgan fingerprint density at radius 1 is 1.24 bits per heavy atom. The van der Waals surface area contributed by atoms with E-state index in [4.69, 9.17) is 9.47 Å². The van der Waals surface area contributed by atoms with Crippen LogP contribution < -0.4 is 20.7 Å². The summed E-state index contributed by atoms with van der Waals surface area (Å²) in [7, 11) is 1.60. The molecule has 0 atom stereocenters. The number of aromatic nitrogens is 2. The van der Waals surface area contributed by atoms with Gasteiger partial charge in [0.15, 0.2) is 11.5 Å². The van der Waals surface area contributed by atoms with Crippen molar-refractivity contribution < 1.29 is 14.3 Å². The summed E-state index contributed by atoms with van der Waals surface area (Å²) in [4.78, 5) is 39.3. The highest BCUT2D eigenvalue weighted by atomic mass is 16.6. The predicted octanol–water partition coefficient (Wildman–Crippen LogP) is 0.258. The summed E-state index contributed by atoms with van der Waals surface area (Å²) in [6, 6.07) is 7.32. The highest BCUT2D eigenvalue weighted by molar-refractivity contribution is 5.75. The van der Waals surface area contributed by atoms with Gasteiger partial charge in [0.25, 0.3) is 5.56 Å². The Morgan fingerprint density at radius 3 is 2.76 bits per heavy atom. The molecule has 9 nitrogen and oxygen atoms in total. The number of hydrogen-bond donors (Lipinski definition) is 0. The minimum absolute atomic E-state index is 0.0515. The average molecular weight is 396 g/mol. The molecule has 29 heavy (non-hydrogen) atoms. The number of nitrogens with zero attached hydrogens (tertiary/aromatic N) is 4. The smallest absolute Gasteiger partial charge is 0.331 e. The second-order valence-corrected chi connectivity index (χ2v) is 7.09. The van der Waals surface area contributed by atoms with Gasteiger partial charge in [0, 0.05) is 25.8 Å². The van der Waals surface area contributed by atoms with Crippen molar-refractivity contribution in [3.05, 3.63) is 55.9 Å². The summed E-state index contributed by atoms with van der Waals surface area (Å²) < 4.78 is 13.3. The zero-order valence-corrected chi connectivity index (χ0v) is 16.0. The number of likely N-dealkylation sites (N-methyl/N-ethyl adjacent to an activating group) is 1. The van der Waals surface area contributed by atoms with Gasteiger partial charge in [0.05, 0.1) is 0 Å². The molecule has 4 rings (SSSR count). The van der Waals surface area contributed by atoms with Gasteiger partial charge in [-0.2, -0.15) is 5.26 Å². The lowest BCUT2D eigenvalue weighted by Crippen LogP contribution is -2.45. The van der Waals surface area contributed by atoms with E-state index >= 15 is 0 Å². The second kappa shape index (κ2) is 7.47. The Hall–Kier alpha value is -3.54. The van der Waals surface area contributed by atoms with Gasteiger partial charge in [-0.15, -0.1) is 0 Å². The normalized spacial score (nSPS) is 14.2. The Bertz CT molecular complexity index is 1140. The van der Waals surface area contributed by atoms with Crippen molar-refractivity contribution in [2.75, 3.05) is 20.3 Å². The minimum atomic E-state index is -0.702. The highest BCUT2D eigenvalue weighted by Gasteiger charge is 2.24. The number of nitriles is 1. The third-order valence-electron chi connectivity index (χ3n) is 5.19. The van der Waals surface area contributed by atoms with Crippen LogP contribution in [0, 0.1) is 11.3 Å². The molecule has 2 aromatic rings. The molecule has 0 N–H and O–H groups in total. The topological polar surface area (TPSA) is 107 Å². The van der Waals surface area contributed by atoms with Gasteiger partial charge < -0.3 is 14.4 Å². The van der Waals surface area contributed by atoms with Crippen LogP contribution in [0.25, 0.3) is 0 Å². The van der Waals surface area contributed by atoms with E-state index in [9.17, 15) is 19.6 Å². The van der Waals surface area contributed by atoms with Gasteiger partial charge in [0.2, 0.25) is 5.91 Å². The van der Waals surface area contributed by atoms with E-state index in [0.717, 1.165) is 10.1 Å². The zero-order chi connectivity index (χ0) is 20.5. The van der Waals surface area contributed by atoms with E-state index in [0.29, 0.717) is 49.8 Å². The van der Waals surface area contributed by atoms with Crippen LogP contribution >= 0.6 is 0 Å². The molecule has 2 aliphatic rings. The molecule has 2 aliphatic heterocycles. The second-order valence-electron chi connectivity index (χ2n) is 7.09. The Labute approximate surface area is 166 Å². The number of carbonyl (C=O) groups is 1. The summed E-state index contributed by atoms with van der Waals surface area (Å²) in [5.41, 5.74) is 0.00960. The van der Waals surface area contributed by atoms with Crippen LogP contribution in [0.1, 0.15) is 23.2 Å². The van der Waals surface area contributed by atoms with Crippen LogP contribution in [0.4, 0.5) is 0 Å². The van der Waals surface area contributed by atoms with Crippen LogP contribution in [0.5, 0.6) is 11.5 Å². The summed E-state index contributed by atoms with van der Waals surface area (Å²) in [6.45, 7) is 1.29. The molecule has 0 unspecified atom stereocenters. The molecule has 1 aromatic heterocycles. The first kappa shape index (κ1) is 18.8. The van der Waals surface area contributed by atoms with E-state index in [1.807, 2.05) is 18.2 Å². The maximum atomic E-state index is 12.7. The number of hydrogen-bond acceptors (Lipinski definition) is 6. The summed E-state index contributed by atoms with van der Waals surface area (Å²) in [5.74, 6) is 0.888. The predicted molar refractivity (Wildman–Crippen MR) is 102 cm³/mol. The van der Waals surface area contributed by atoms with Crippen LogP contribution in [0.15, 0.2) is 27.8 Å². The molecule has 0 bridgehead atoms. The van der Waals surface area contributed by atoms with Crippen molar-refractivity contribution in [3.63, 3.8) is 0 Å². The summed E-state index contributed by atoms with van der Waals surface area (Å²) >= 11 is 0. The monoisotopic (exact) mass is 396 g/mol. The van der Waals surface area contributed by atoms with E-state index in [1.165, 1.54) is 9.47 Å². The number of rotatable bonds is 4. The molecule has 1 aromatic carbocycles. The van der Waals surface area contributed by atoms with Crippen molar-refractivity contribution in [1.29, 1.82) is 5.26 Å². The Kier molecular flexibility index (Phi) is 4.84. The first-order valence-corrected chi connectivity index (χ1v) is 9.38. The molecule has 0 saturated heterocycles. The van der Waals surface area contributed by atoms with Crippen molar-refractivity contribution in [2.45, 2.75) is 32.5 Å². The zero-order valence-electron chi connectivity index (χ0n) is 16.0. The third kappa shape index (κ3) is 3.38. The fraction of sp³-hybridized carbons (Fsp3) is 0.400. The number of fused-ring (bicyclic) bond motifs is 2. The molecule has 1 amide bonds. The number of amides is 1.